The molecule has 0 fully saturated rings. The van der Waals surface area contributed by atoms with E-state index >= 15 is 0 Å². The van der Waals surface area contributed by atoms with Gasteiger partial charge in [-0.2, -0.15) is 0 Å². The van der Waals surface area contributed by atoms with Gasteiger partial charge in [0.05, 0.1) is 6.10 Å². The topological polar surface area (TPSA) is 55.5 Å². The zero-order chi connectivity index (χ0) is 7.11. The van der Waals surface area contributed by atoms with Crippen molar-refractivity contribution in [3.05, 3.63) is 0 Å². The fourth-order valence-corrected chi connectivity index (χ4v) is 0.591. The number of rotatable bonds is 5. The van der Waals surface area contributed by atoms with Crippen LogP contribution in [0.4, 0.5) is 0 Å². The fraction of sp³-hybridized carbons (Fsp3) is 1.00. The Hall–Kier alpha value is -0.120. The van der Waals surface area contributed by atoms with Gasteiger partial charge in [0, 0.05) is 13.7 Å². The van der Waals surface area contributed by atoms with E-state index in [1.165, 1.54) is 0 Å². The first-order valence-corrected chi connectivity index (χ1v) is 3.18. The smallest absolute Gasteiger partial charge is 0.0574 e. The highest BCUT2D eigenvalue weighted by Gasteiger charge is 1.99. The summed E-state index contributed by atoms with van der Waals surface area (Å²) >= 11 is 0. The molecule has 9 heavy (non-hydrogen) atoms. The Kier molecular flexibility index (Phi) is 5.93. The summed E-state index contributed by atoms with van der Waals surface area (Å²) in [7, 11) is 1.62. The highest BCUT2D eigenvalue weighted by molar-refractivity contribution is 4.54. The minimum Gasteiger partial charge on any atom is -0.393 e. The maximum absolute atomic E-state index is 9.02. The fourth-order valence-electron chi connectivity index (χ4n) is 0.591. The molecule has 0 aliphatic carbocycles. The summed E-state index contributed by atoms with van der Waals surface area (Å²) in [5.41, 5.74) is 5.20. The van der Waals surface area contributed by atoms with Crippen molar-refractivity contribution in [2.45, 2.75) is 18.9 Å². The number of ether oxygens (including phenoxy) is 1. The molecule has 0 rings (SSSR count). The zero-order valence-corrected chi connectivity index (χ0v) is 5.84. The van der Waals surface area contributed by atoms with E-state index in [0.717, 1.165) is 0 Å². The maximum atomic E-state index is 9.02. The molecular weight excluding hydrogens is 118 g/mol. The van der Waals surface area contributed by atoms with E-state index < -0.39 is 0 Å². The van der Waals surface area contributed by atoms with Crippen LogP contribution in [0.2, 0.25) is 0 Å². The summed E-state index contributed by atoms with van der Waals surface area (Å²) in [6.07, 6.45) is 1.08. The molecule has 0 aliphatic rings. The van der Waals surface area contributed by atoms with Crippen molar-refractivity contribution >= 4 is 0 Å². The molecule has 0 aliphatic heterocycles. The van der Waals surface area contributed by atoms with Crippen LogP contribution in [0.3, 0.4) is 0 Å². The molecule has 0 radical (unpaired) electrons. The summed E-state index contributed by atoms with van der Waals surface area (Å²) in [5.74, 6) is 0. The average Bonchev–Trinajstić information content (AvgIpc) is 1.85. The van der Waals surface area contributed by atoms with Gasteiger partial charge < -0.3 is 15.6 Å². The molecule has 0 unspecified atom stereocenters. The molecule has 0 aromatic rings. The van der Waals surface area contributed by atoms with Gasteiger partial charge in [-0.1, -0.05) is 0 Å². The van der Waals surface area contributed by atoms with Crippen LogP contribution >= 0.6 is 0 Å². The maximum Gasteiger partial charge on any atom is 0.0574 e. The highest BCUT2D eigenvalue weighted by atomic mass is 16.5. The first-order valence-electron chi connectivity index (χ1n) is 3.18. The summed E-state index contributed by atoms with van der Waals surface area (Å²) in [6, 6.07) is 0. The molecule has 0 spiro atoms. The molecule has 0 saturated heterocycles. The summed E-state index contributed by atoms with van der Waals surface area (Å²) in [5, 5.41) is 9.02. The van der Waals surface area contributed by atoms with Crippen LogP contribution < -0.4 is 5.73 Å². The first kappa shape index (κ1) is 8.88. The summed E-state index contributed by atoms with van der Waals surface area (Å²) in [6.45, 7) is 1.16. The Bertz CT molecular complexity index is 59.0. The minimum absolute atomic E-state index is 0.282. The first-order chi connectivity index (χ1) is 4.31. The highest BCUT2D eigenvalue weighted by Crippen LogP contribution is 1.94. The second kappa shape index (κ2) is 6.01. The van der Waals surface area contributed by atoms with Gasteiger partial charge >= 0.3 is 0 Å². The summed E-state index contributed by atoms with van der Waals surface area (Å²) in [4.78, 5) is 0. The number of hydrogen-bond donors (Lipinski definition) is 2. The third kappa shape index (κ3) is 5.76. The van der Waals surface area contributed by atoms with E-state index in [-0.39, 0.29) is 6.10 Å². The van der Waals surface area contributed by atoms with Crippen LogP contribution in [-0.4, -0.2) is 31.5 Å². The second-order valence-corrected chi connectivity index (χ2v) is 2.01. The molecule has 3 nitrogen and oxygen atoms in total. The lowest BCUT2D eigenvalue weighted by molar-refractivity contribution is 0.106. The predicted octanol–water partition coefficient (Wildman–Crippen LogP) is -0.267. The lowest BCUT2D eigenvalue weighted by atomic mass is 10.2. The number of methoxy groups -OCH3 is 1. The lowest BCUT2D eigenvalue weighted by Crippen LogP contribution is -2.14. The van der Waals surface area contributed by atoms with Crippen LogP contribution in [-0.2, 0) is 4.74 Å². The molecule has 0 heterocycles. The molecule has 0 aromatic heterocycles. The average molecular weight is 133 g/mol. The van der Waals surface area contributed by atoms with E-state index in [2.05, 4.69) is 0 Å². The third-order valence-electron chi connectivity index (χ3n) is 1.16. The zero-order valence-electron chi connectivity index (χ0n) is 5.84. The van der Waals surface area contributed by atoms with Crippen LogP contribution in [0, 0.1) is 0 Å². The molecule has 0 bridgehead atoms. The Morgan fingerprint density at radius 2 is 2.22 bits per heavy atom. The Labute approximate surface area is 55.8 Å². The molecule has 1 atom stereocenters. The second-order valence-electron chi connectivity index (χ2n) is 2.01. The van der Waals surface area contributed by atoms with Crippen molar-refractivity contribution in [1.29, 1.82) is 0 Å². The largest absolute Gasteiger partial charge is 0.393 e. The molecule has 56 valence electrons. The SMILES string of the molecule is COCC[C@H](O)CCN. The van der Waals surface area contributed by atoms with Crippen molar-refractivity contribution in [3.8, 4) is 0 Å². The van der Waals surface area contributed by atoms with Gasteiger partial charge in [0.2, 0.25) is 0 Å². The van der Waals surface area contributed by atoms with Crippen LogP contribution in [0.25, 0.3) is 0 Å². The standard InChI is InChI=1S/C6H15NO2/c1-9-5-3-6(8)2-4-7/h6,8H,2-5,7H2,1H3/t6-/m1/s1. The van der Waals surface area contributed by atoms with E-state index in [9.17, 15) is 0 Å². The summed E-state index contributed by atoms with van der Waals surface area (Å²) < 4.78 is 4.76. The molecule has 3 heteroatoms. The van der Waals surface area contributed by atoms with Crippen LogP contribution in [0.5, 0.6) is 0 Å². The molecule has 0 saturated carbocycles. The van der Waals surface area contributed by atoms with Gasteiger partial charge in [-0.25, -0.2) is 0 Å². The van der Waals surface area contributed by atoms with Crippen molar-refractivity contribution < 1.29 is 9.84 Å². The van der Waals surface area contributed by atoms with Gasteiger partial charge in [0.1, 0.15) is 0 Å². The molecular formula is C6H15NO2. The quantitative estimate of drug-likeness (QED) is 0.543. The van der Waals surface area contributed by atoms with Gasteiger partial charge in [-0.05, 0) is 19.4 Å². The van der Waals surface area contributed by atoms with E-state index in [1.54, 1.807) is 7.11 Å². The van der Waals surface area contributed by atoms with Crippen molar-refractivity contribution in [2.75, 3.05) is 20.3 Å². The van der Waals surface area contributed by atoms with E-state index in [4.69, 9.17) is 15.6 Å². The Balaban J connectivity index is 2.95. The van der Waals surface area contributed by atoms with Gasteiger partial charge in [0.15, 0.2) is 0 Å². The Morgan fingerprint density at radius 1 is 1.56 bits per heavy atom. The number of aliphatic hydroxyl groups excluding tert-OH is 1. The van der Waals surface area contributed by atoms with Crippen molar-refractivity contribution in [3.63, 3.8) is 0 Å². The monoisotopic (exact) mass is 133 g/mol. The number of hydrogen-bond acceptors (Lipinski definition) is 3. The van der Waals surface area contributed by atoms with E-state index in [1.807, 2.05) is 0 Å². The molecule has 0 amide bonds. The number of aliphatic hydroxyl groups is 1. The molecule has 3 N–H and O–H groups in total. The van der Waals surface area contributed by atoms with Gasteiger partial charge in [-0.3, -0.25) is 0 Å². The van der Waals surface area contributed by atoms with Gasteiger partial charge in [0.25, 0.3) is 0 Å². The van der Waals surface area contributed by atoms with Crippen LogP contribution in [0.1, 0.15) is 12.8 Å². The molecule has 0 aromatic carbocycles. The minimum atomic E-state index is -0.282. The van der Waals surface area contributed by atoms with Crippen molar-refractivity contribution in [2.24, 2.45) is 5.73 Å². The van der Waals surface area contributed by atoms with Crippen molar-refractivity contribution in [1.82, 2.24) is 0 Å². The normalized spacial score (nSPS) is 13.7. The number of nitrogens with two attached hydrogens (primary N) is 1. The predicted molar refractivity (Wildman–Crippen MR) is 36.2 cm³/mol. The Morgan fingerprint density at radius 3 is 2.67 bits per heavy atom. The van der Waals surface area contributed by atoms with Gasteiger partial charge in [-0.15, -0.1) is 0 Å². The van der Waals surface area contributed by atoms with Crippen LogP contribution in [0.15, 0.2) is 0 Å². The van der Waals surface area contributed by atoms with E-state index in [0.29, 0.717) is 26.0 Å². The third-order valence-corrected chi connectivity index (χ3v) is 1.16. The lowest BCUT2D eigenvalue weighted by Gasteiger charge is -2.06.